The highest BCUT2D eigenvalue weighted by atomic mass is 16.4. The molecule has 2 aromatic carbocycles. The van der Waals surface area contributed by atoms with Crippen molar-refractivity contribution in [2.24, 2.45) is 5.92 Å². The fourth-order valence-corrected chi connectivity index (χ4v) is 5.94. The van der Waals surface area contributed by atoms with Gasteiger partial charge >= 0.3 is 5.97 Å². The van der Waals surface area contributed by atoms with Gasteiger partial charge in [-0.25, -0.2) is 0 Å². The number of benzene rings is 2. The number of hydrogen-bond acceptors (Lipinski definition) is 4. The molecule has 0 radical (unpaired) electrons. The number of anilines is 1. The van der Waals surface area contributed by atoms with Crippen LogP contribution in [0.1, 0.15) is 84.2 Å². The highest BCUT2D eigenvalue weighted by Gasteiger charge is 2.29. The maximum Gasteiger partial charge on any atom is 0.305 e. The molecule has 2 aliphatic rings. The minimum Gasteiger partial charge on any atom is -0.481 e. The van der Waals surface area contributed by atoms with E-state index >= 15 is 0 Å². The molecule has 41 heavy (non-hydrogen) atoms. The van der Waals surface area contributed by atoms with E-state index in [1.165, 1.54) is 43.2 Å². The molecule has 0 bridgehead atoms. The van der Waals surface area contributed by atoms with Gasteiger partial charge in [-0.05, 0) is 67.9 Å². The van der Waals surface area contributed by atoms with E-state index in [0.29, 0.717) is 11.5 Å². The lowest BCUT2D eigenvalue weighted by Crippen LogP contribution is -2.26. The number of nitrogens with one attached hydrogen (secondary N) is 2. The Morgan fingerprint density at radius 1 is 0.976 bits per heavy atom. The molecule has 1 fully saturated rings. The van der Waals surface area contributed by atoms with Crippen molar-refractivity contribution in [1.82, 2.24) is 15.1 Å². The van der Waals surface area contributed by atoms with Crippen molar-refractivity contribution in [3.63, 3.8) is 0 Å². The second kappa shape index (κ2) is 14.0. The fourth-order valence-electron chi connectivity index (χ4n) is 5.94. The van der Waals surface area contributed by atoms with Crippen LogP contribution in [0.3, 0.4) is 0 Å². The van der Waals surface area contributed by atoms with Crippen LogP contribution >= 0.6 is 0 Å². The molecule has 5 rings (SSSR count). The molecule has 2 unspecified atom stereocenters. The molecule has 1 aromatic heterocycles. The Morgan fingerprint density at radius 2 is 1.76 bits per heavy atom. The van der Waals surface area contributed by atoms with Crippen LogP contribution in [-0.4, -0.2) is 33.3 Å². The van der Waals surface area contributed by atoms with E-state index in [2.05, 4.69) is 76.1 Å². The Labute approximate surface area is 242 Å². The van der Waals surface area contributed by atoms with Crippen LogP contribution in [0.5, 0.6) is 0 Å². The third-order valence-corrected chi connectivity index (χ3v) is 8.18. The van der Waals surface area contributed by atoms with Crippen LogP contribution in [0.4, 0.5) is 5.69 Å². The summed E-state index contributed by atoms with van der Waals surface area (Å²) in [5.74, 6) is -0.695. The number of carboxylic acid groups (broad SMARTS) is 1. The Hall–Kier alpha value is -4.13. The number of aromatic nitrogens is 2. The molecule has 3 N–H and O–H groups in total. The first-order valence-corrected chi connectivity index (χ1v) is 14.9. The average Bonchev–Trinajstić information content (AvgIpc) is 3.44. The zero-order valence-corrected chi connectivity index (χ0v) is 23.5. The van der Waals surface area contributed by atoms with Crippen molar-refractivity contribution in [2.45, 2.75) is 69.9 Å². The van der Waals surface area contributed by atoms with Crippen LogP contribution in [0.15, 0.2) is 85.1 Å². The topological polar surface area (TPSA) is 96.3 Å². The number of carboxylic acids is 1. The summed E-state index contributed by atoms with van der Waals surface area (Å²) >= 11 is 0. The summed E-state index contributed by atoms with van der Waals surface area (Å²) in [6.07, 6.45) is 19.7. The van der Waals surface area contributed by atoms with Gasteiger partial charge in [0, 0.05) is 29.6 Å². The second-order valence-corrected chi connectivity index (χ2v) is 11.1. The van der Waals surface area contributed by atoms with E-state index in [4.69, 9.17) is 10.2 Å². The third-order valence-electron chi connectivity index (χ3n) is 8.18. The quantitative estimate of drug-likeness (QED) is 0.233. The summed E-state index contributed by atoms with van der Waals surface area (Å²) in [6.45, 7) is 0.111. The van der Waals surface area contributed by atoms with Gasteiger partial charge in [0.1, 0.15) is 0 Å². The minimum atomic E-state index is -0.930. The highest BCUT2D eigenvalue weighted by molar-refractivity contribution is 5.94. The first-order valence-electron chi connectivity index (χ1n) is 14.9. The second-order valence-electron chi connectivity index (χ2n) is 11.1. The minimum absolute atomic E-state index is 0.0956. The molecule has 1 saturated carbocycles. The van der Waals surface area contributed by atoms with Gasteiger partial charge < -0.3 is 15.7 Å². The zero-order valence-electron chi connectivity index (χ0n) is 23.5. The summed E-state index contributed by atoms with van der Waals surface area (Å²) < 4.78 is 2.15. The Bertz CT molecular complexity index is 1350. The molecule has 3 aromatic rings. The van der Waals surface area contributed by atoms with Crippen molar-refractivity contribution in [1.29, 1.82) is 0 Å². The van der Waals surface area contributed by atoms with Crippen molar-refractivity contribution < 1.29 is 14.7 Å². The summed E-state index contributed by atoms with van der Waals surface area (Å²) in [5, 5.41) is 20.5. The van der Waals surface area contributed by atoms with Gasteiger partial charge in [-0.1, -0.05) is 73.9 Å². The Kier molecular flexibility index (Phi) is 9.68. The number of hydrogen-bond donors (Lipinski definition) is 3. The number of aliphatic carboxylic acids is 1. The van der Waals surface area contributed by atoms with E-state index < -0.39 is 5.97 Å². The zero-order chi connectivity index (χ0) is 28.4. The maximum absolute atomic E-state index is 12.5. The molecular formula is C34H40N4O3. The molecular weight excluding hydrogens is 512 g/mol. The van der Waals surface area contributed by atoms with E-state index in [0.717, 1.165) is 30.6 Å². The lowest BCUT2D eigenvalue weighted by molar-refractivity contribution is -0.136. The van der Waals surface area contributed by atoms with Crippen LogP contribution in [-0.2, 0) is 17.6 Å². The number of carbonyl (C=O) groups excluding carboxylic acids is 1. The van der Waals surface area contributed by atoms with E-state index in [9.17, 15) is 9.59 Å². The van der Waals surface area contributed by atoms with Crippen molar-refractivity contribution in [2.75, 3.05) is 11.9 Å². The molecule has 0 aliphatic heterocycles. The summed E-state index contributed by atoms with van der Waals surface area (Å²) in [4.78, 5) is 23.2. The van der Waals surface area contributed by atoms with E-state index in [-0.39, 0.29) is 31.0 Å². The average molecular weight is 553 g/mol. The molecule has 7 nitrogen and oxygen atoms in total. The van der Waals surface area contributed by atoms with Gasteiger partial charge in [0.25, 0.3) is 5.91 Å². The van der Waals surface area contributed by atoms with Crippen molar-refractivity contribution >= 4 is 17.6 Å². The SMILES string of the molecule is O=C(O)CCNC(=O)c1ccc(NC(c2cn(C3C=CC=CC3)nc2CCc2ccccc2)C2CCCCC2)cc1. The van der Waals surface area contributed by atoms with Crippen molar-refractivity contribution in [3.05, 3.63) is 107 Å². The predicted octanol–water partition coefficient (Wildman–Crippen LogP) is 6.66. The van der Waals surface area contributed by atoms with Gasteiger partial charge in [0.15, 0.2) is 0 Å². The lowest BCUT2D eigenvalue weighted by atomic mass is 9.80. The molecule has 7 heteroatoms. The highest BCUT2D eigenvalue weighted by Crippen LogP contribution is 2.39. The number of rotatable bonds is 12. The van der Waals surface area contributed by atoms with Crippen molar-refractivity contribution in [3.8, 4) is 0 Å². The van der Waals surface area contributed by atoms with Crippen LogP contribution in [0.25, 0.3) is 0 Å². The summed E-state index contributed by atoms with van der Waals surface area (Å²) in [7, 11) is 0. The van der Waals surface area contributed by atoms with Crippen LogP contribution < -0.4 is 10.6 Å². The predicted molar refractivity (Wildman–Crippen MR) is 162 cm³/mol. The molecule has 2 atom stereocenters. The number of aryl methyl sites for hydroxylation is 2. The standard InChI is InChI=1S/C34H40N4O3/c39-32(40)22-23-35-34(41)27-17-19-28(20-18-27)36-33(26-12-6-2-7-13-26)30-24-38(29-14-8-3-9-15-29)37-31(30)21-16-25-10-4-1-5-11-25/h1,3-5,8-11,14,17-20,24,26,29,33,36H,2,6-7,12-13,15-16,21-23H2,(H,35,41)(H,39,40). The Balaban J connectivity index is 1.40. The third kappa shape index (κ3) is 7.75. The lowest BCUT2D eigenvalue weighted by Gasteiger charge is -2.32. The van der Waals surface area contributed by atoms with E-state index in [1.807, 2.05) is 12.1 Å². The normalized spacial score (nSPS) is 17.7. The Morgan fingerprint density at radius 3 is 2.46 bits per heavy atom. The van der Waals surface area contributed by atoms with E-state index in [1.54, 1.807) is 12.1 Å². The first-order chi connectivity index (χ1) is 20.1. The van der Waals surface area contributed by atoms with Crippen LogP contribution in [0, 0.1) is 5.92 Å². The van der Waals surface area contributed by atoms with Crippen LogP contribution in [0.2, 0.25) is 0 Å². The van der Waals surface area contributed by atoms with Gasteiger partial charge in [-0.3, -0.25) is 14.3 Å². The summed E-state index contributed by atoms with van der Waals surface area (Å²) in [5.41, 5.74) is 5.21. The monoisotopic (exact) mass is 552 g/mol. The molecule has 2 aliphatic carbocycles. The largest absolute Gasteiger partial charge is 0.481 e. The smallest absolute Gasteiger partial charge is 0.305 e. The number of allylic oxidation sites excluding steroid dienone is 4. The molecule has 0 saturated heterocycles. The van der Waals surface area contributed by atoms with Gasteiger partial charge in [0.2, 0.25) is 0 Å². The van der Waals surface area contributed by atoms with Gasteiger partial charge in [-0.2, -0.15) is 5.10 Å². The number of nitrogens with zero attached hydrogens (tertiary/aromatic N) is 2. The molecule has 1 heterocycles. The fraction of sp³-hybridized carbons (Fsp3) is 0.382. The maximum atomic E-state index is 12.5. The molecule has 214 valence electrons. The number of carbonyl (C=O) groups is 2. The molecule has 1 amide bonds. The van der Waals surface area contributed by atoms with Gasteiger partial charge in [0.05, 0.1) is 24.2 Å². The molecule has 0 spiro atoms. The summed E-state index contributed by atoms with van der Waals surface area (Å²) in [6, 6.07) is 18.4. The van der Waals surface area contributed by atoms with Gasteiger partial charge in [-0.15, -0.1) is 0 Å². The first kappa shape index (κ1) is 28.4. The number of amides is 1.